The zero-order valence-corrected chi connectivity index (χ0v) is 10.4. The zero-order chi connectivity index (χ0) is 13.6. The number of rotatable bonds is 6. The van der Waals surface area contributed by atoms with Gasteiger partial charge in [0.2, 0.25) is 0 Å². The summed E-state index contributed by atoms with van der Waals surface area (Å²) in [5, 5.41) is 5.95. The van der Waals surface area contributed by atoms with Crippen LogP contribution in [0.15, 0.2) is 6.33 Å². The first-order valence-corrected chi connectivity index (χ1v) is 5.80. The lowest BCUT2D eigenvalue weighted by Crippen LogP contribution is -2.13. The molecule has 0 atom stereocenters. The molecule has 0 aromatic carbocycles. The van der Waals surface area contributed by atoms with E-state index in [1.54, 1.807) is 0 Å². The molecule has 0 aliphatic carbocycles. The molecule has 1 aromatic rings. The summed E-state index contributed by atoms with van der Waals surface area (Å²) in [5.74, 6) is 1.27. The van der Waals surface area contributed by atoms with Crippen LogP contribution >= 0.6 is 0 Å². The van der Waals surface area contributed by atoms with Crippen LogP contribution in [0.4, 0.5) is 24.8 Å². The molecule has 0 fully saturated rings. The number of hydrogen-bond donors (Lipinski definition) is 2. The van der Waals surface area contributed by atoms with Gasteiger partial charge in [-0.05, 0) is 20.3 Å². The summed E-state index contributed by atoms with van der Waals surface area (Å²) < 4.78 is 35.9. The third-order valence-electron chi connectivity index (χ3n) is 2.36. The highest BCUT2D eigenvalue weighted by Gasteiger charge is 2.25. The number of anilines is 2. The minimum absolute atomic E-state index is 0.0312. The molecular weight excluding hydrogens is 245 g/mol. The Morgan fingerprint density at radius 3 is 2.33 bits per heavy atom. The molecule has 0 saturated carbocycles. The van der Waals surface area contributed by atoms with Gasteiger partial charge in [-0.2, -0.15) is 13.2 Å². The van der Waals surface area contributed by atoms with Crippen LogP contribution in [0.3, 0.4) is 0 Å². The van der Waals surface area contributed by atoms with Crippen LogP contribution in [0.1, 0.15) is 25.3 Å². The second-order valence-corrected chi connectivity index (χ2v) is 3.87. The average Bonchev–Trinajstić information content (AvgIpc) is 2.28. The fraction of sp³-hybridized carbons (Fsp3) is 0.636. The van der Waals surface area contributed by atoms with Crippen LogP contribution in [0.2, 0.25) is 0 Å². The summed E-state index contributed by atoms with van der Waals surface area (Å²) in [4.78, 5) is 8.07. The summed E-state index contributed by atoms with van der Waals surface area (Å²) in [6.07, 6.45) is -3.47. The highest BCUT2D eigenvalue weighted by molar-refractivity contribution is 5.56. The first-order chi connectivity index (χ1) is 8.44. The van der Waals surface area contributed by atoms with Crippen molar-refractivity contribution in [3.05, 3.63) is 11.9 Å². The van der Waals surface area contributed by atoms with E-state index in [0.717, 1.165) is 12.1 Å². The zero-order valence-electron chi connectivity index (χ0n) is 10.4. The molecular formula is C11H17F3N4. The Kier molecular flexibility index (Phi) is 5.18. The average molecular weight is 262 g/mol. The van der Waals surface area contributed by atoms with Gasteiger partial charge in [-0.25, -0.2) is 9.97 Å². The maximum absolute atomic E-state index is 12.0. The molecule has 0 saturated heterocycles. The Morgan fingerprint density at radius 2 is 1.78 bits per heavy atom. The lowest BCUT2D eigenvalue weighted by atomic mass is 10.2. The number of alkyl halides is 3. The van der Waals surface area contributed by atoms with Gasteiger partial charge in [0.25, 0.3) is 0 Å². The summed E-state index contributed by atoms with van der Waals surface area (Å²) >= 11 is 0. The number of halogens is 3. The Morgan fingerprint density at radius 1 is 1.17 bits per heavy atom. The predicted molar refractivity (Wildman–Crippen MR) is 64.7 cm³/mol. The Bertz CT molecular complexity index is 379. The molecule has 0 spiro atoms. The van der Waals surface area contributed by atoms with Crippen molar-refractivity contribution in [3.63, 3.8) is 0 Å². The number of nitrogens with one attached hydrogen (secondary N) is 2. The van der Waals surface area contributed by atoms with Gasteiger partial charge in [0, 0.05) is 25.1 Å². The number of nitrogens with zero attached hydrogens (tertiary/aromatic N) is 2. The van der Waals surface area contributed by atoms with E-state index in [1.807, 2.05) is 13.8 Å². The van der Waals surface area contributed by atoms with Crippen molar-refractivity contribution in [3.8, 4) is 0 Å². The van der Waals surface area contributed by atoms with E-state index in [9.17, 15) is 13.2 Å². The van der Waals surface area contributed by atoms with Gasteiger partial charge >= 0.3 is 6.18 Å². The van der Waals surface area contributed by atoms with Crippen molar-refractivity contribution in [1.29, 1.82) is 0 Å². The van der Waals surface area contributed by atoms with E-state index in [1.165, 1.54) is 6.33 Å². The third kappa shape index (κ3) is 4.77. The molecule has 0 aliphatic rings. The third-order valence-corrected chi connectivity index (χ3v) is 2.36. The van der Waals surface area contributed by atoms with Crippen LogP contribution in [-0.4, -0.2) is 29.2 Å². The molecule has 102 valence electrons. The van der Waals surface area contributed by atoms with E-state index in [2.05, 4.69) is 20.6 Å². The highest BCUT2D eigenvalue weighted by atomic mass is 19.4. The first-order valence-electron chi connectivity index (χ1n) is 5.80. The molecule has 0 bridgehead atoms. The second kappa shape index (κ2) is 6.42. The van der Waals surface area contributed by atoms with Gasteiger partial charge in [-0.15, -0.1) is 0 Å². The number of aromatic nitrogens is 2. The minimum Gasteiger partial charge on any atom is -0.370 e. The molecule has 0 radical (unpaired) electrons. The topological polar surface area (TPSA) is 49.8 Å². The van der Waals surface area contributed by atoms with Crippen molar-refractivity contribution in [2.45, 2.75) is 32.9 Å². The van der Waals surface area contributed by atoms with Gasteiger partial charge < -0.3 is 10.6 Å². The van der Waals surface area contributed by atoms with Crippen LogP contribution in [0.5, 0.6) is 0 Å². The van der Waals surface area contributed by atoms with Crippen LogP contribution in [0, 0.1) is 6.92 Å². The Labute approximate surface area is 104 Å². The Hall–Kier alpha value is -1.53. The van der Waals surface area contributed by atoms with Gasteiger partial charge in [0.15, 0.2) is 0 Å². The summed E-state index contributed by atoms with van der Waals surface area (Å²) in [6.45, 7) is 4.73. The molecule has 7 heteroatoms. The van der Waals surface area contributed by atoms with Crippen LogP contribution in [0.25, 0.3) is 0 Å². The van der Waals surface area contributed by atoms with E-state index in [4.69, 9.17) is 0 Å². The molecule has 0 aliphatic heterocycles. The predicted octanol–water partition coefficient (Wildman–Crippen LogP) is 2.97. The van der Waals surface area contributed by atoms with Gasteiger partial charge in [-0.1, -0.05) is 0 Å². The van der Waals surface area contributed by atoms with Crippen molar-refractivity contribution in [1.82, 2.24) is 9.97 Å². The van der Waals surface area contributed by atoms with Crippen LogP contribution < -0.4 is 10.6 Å². The van der Waals surface area contributed by atoms with Gasteiger partial charge in [0.05, 0.1) is 0 Å². The molecule has 1 rings (SSSR count). The van der Waals surface area contributed by atoms with E-state index in [0.29, 0.717) is 11.6 Å². The maximum atomic E-state index is 12.0. The summed E-state index contributed by atoms with van der Waals surface area (Å²) in [5.41, 5.74) is 0.811. The molecule has 18 heavy (non-hydrogen) atoms. The molecule has 4 nitrogen and oxygen atoms in total. The largest absolute Gasteiger partial charge is 0.389 e. The molecule has 1 heterocycles. The first kappa shape index (κ1) is 14.5. The lowest BCUT2D eigenvalue weighted by Gasteiger charge is -2.12. The van der Waals surface area contributed by atoms with Gasteiger partial charge in [0.1, 0.15) is 18.0 Å². The normalized spacial score (nSPS) is 11.4. The van der Waals surface area contributed by atoms with Crippen molar-refractivity contribution in [2.75, 3.05) is 23.7 Å². The van der Waals surface area contributed by atoms with E-state index >= 15 is 0 Å². The van der Waals surface area contributed by atoms with Gasteiger partial charge in [-0.3, -0.25) is 0 Å². The fourth-order valence-corrected chi connectivity index (χ4v) is 1.47. The van der Waals surface area contributed by atoms with E-state index < -0.39 is 12.6 Å². The molecule has 2 N–H and O–H groups in total. The van der Waals surface area contributed by atoms with Crippen LogP contribution in [-0.2, 0) is 0 Å². The lowest BCUT2D eigenvalue weighted by molar-refractivity contribution is -0.134. The summed E-state index contributed by atoms with van der Waals surface area (Å²) in [6, 6.07) is 0. The maximum Gasteiger partial charge on any atom is 0.389 e. The molecule has 1 aromatic heterocycles. The smallest absolute Gasteiger partial charge is 0.370 e. The molecule has 0 unspecified atom stereocenters. The van der Waals surface area contributed by atoms with Crippen molar-refractivity contribution >= 4 is 11.6 Å². The van der Waals surface area contributed by atoms with Crippen molar-refractivity contribution in [2.24, 2.45) is 0 Å². The monoisotopic (exact) mass is 262 g/mol. The molecule has 0 amide bonds. The van der Waals surface area contributed by atoms with E-state index in [-0.39, 0.29) is 13.0 Å². The second-order valence-electron chi connectivity index (χ2n) is 3.87. The summed E-state index contributed by atoms with van der Waals surface area (Å²) in [7, 11) is 0. The fourth-order valence-electron chi connectivity index (χ4n) is 1.47. The standard InChI is InChI=1S/C11H17F3N4/c1-3-15-9-8(2)10(18-7-17-9)16-6-4-5-11(12,13)14/h7H,3-6H2,1-2H3,(H2,15,16,17,18). The Balaban J connectivity index is 2.50. The minimum atomic E-state index is -4.10. The highest BCUT2D eigenvalue weighted by Crippen LogP contribution is 2.22. The number of hydrogen-bond acceptors (Lipinski definition) is 4. The quantitative estimate of drug-likeness (QED) is 0.774. The van der Waals surface area contributed by atoms with Crippen molar-refractivity contribution < 1.29 is 13.2 Å². The SMILES string of the molecule is CCNc1ncnc(NCCCC(F)(F)F)c1C.